The molecule has 1 fully saturated rings. The maximum Gasteiger partial charge on any atom is 0.411 e. The molecule has 1 heterocycles. The number of nitrogens with zero attached hydrogens (tertiary/aromatic N) is 1. The van der Waals surface area contributed by atoms with Crippen LogP contribution in [0.5, 0.6) is 0 Å². The van der Waals surface area contributed by atoms with Crippen LogP contribution in [0.1, 0.15) is 33.6 Å². The highest BCUT2D eigenvalue weighted by Gasteiger charge is 2.37. The van der Waals surface area contributed by atoms with Gasteiger partial charge < -0.3 is 9.84 Å². The Morgan fingerprint density at radius 2 is 2.19 bits per heavy atom. The van der Waals surface area contributed by atoms with Crippen molar-refractivity contribution in [2.24, 2.45) is 0 Å². The van der Waals surface area contributed by atoms with E-state index in [4.69, 9.17) is 11.2 Å². The van der Waals surface area contributed by atoms with Crippen LogP contribution in [0.2, 0.25) is 0 Å². The van der Waals surface area contributed by atoms with E-state index in [2.05, 4.69) is 5.92 Å². The highest BCUT2D eigenvalue weighted by atomic mass is 16.6. The van der Waals surface area contributed by atoms with Crippen molar-refractivity contribution in [3.05, 3.63) is 0 Å². The summed E-state index contributed by atoms with van der Waals surface area (Å²) in [5, 5.41) is 9.18. The highest BCUT2D eigenvalue weighted by Crippen LogP contribution is 2.25. The average molecular weight is 225 g/mol. The first kappa shape index (κ1) is 12.9. The van der Waals surface area contributed by atoms with Crippen LogP contribution in [0.25, 0.3) is 0 Å². The second kappa shape index (κ2) is 4.75. The SMILES string of the molecule is C#CC1CC[C@@H](CO)N1C(=O)OC(C)(C)C. The van der Waals surface area contributed by atoms with Gasteiger partial charge in [0.25, 0.3) is 0 Å². The number of aliphatic hydroxyl groups excluding tert-OH is 1. The molecule has 1 aliphatic rings. The summed E-state index contributed by atoms with van der Waals surface area (Å²) in [6.07, 6.45) is 6.37. The van der Waals surface area contributed by atoms with Crippen molar-refractivity contribution in [1.29, 1.82) is 0 Å². The van der Waals surface area contributed by atoms with E-state index in [0.717, 1.165) is 12.8 Å². The first-order chi connectivity index (χ1) is 7.39. The number of carbonyl (C=O) groups is 1. The Balaban J connectivity index is 2.75. The lowest BCUT2D eigenvalue weighted by Gasteiger charge is -2.30. The number of ether oxygens (including phenoxy) is 1. The van der Waals surface area contributed by atoms with Crippen LogP contribution in [0, 0.1) is 12.3 Å². The molecule has 4 nitrogen and oxygen atoms in total. The number of hydrogen-bond donors (Lipinski definition) is 1. The minimum Gasteiger partial charge on any atom is -0.444 e. The summed E-state index contributed by atoms with van der Waals surface area (Å²) in [6, 6.07) is -0.470. The molecule has 0 radical (unpaired) electrons. The number of terminal acetylenes is 1. The lowest BCUT2D eigenvalue weighted by Crippen LogP contribution is -2.45. The maximum atomic E-state index is 11.9. The molecule has 1 unspecified atom stereocenters. The minimum atomic E-state index is -0.543. The maximum absolute atomic E-state index is 11.9. The van der Waals surface area contributed by atoms with Crippen LogP contribution >= 0.6 is 0 Å². The molecule has 0 aromatic heterocycles. The van der Waals surface area contributed by atoms with Crippen LogP contribution in [0.4, 0.5) is 4.79 Å². The number of carbonyl (C=O) groups excluding carboxylic acids is 1. The Labute approximate surface area is 96.6 Å². The molecule has 2 atom stereocenters. The molecule has 0 aromatic rings. The zero-order valence-corrected chi connectivity index (χ0v) is 10.1. The summed E-state index contributed by atoms with van der Waals surface area (Å²) in [4.78, 5) is 13.4. The van der Waals surface area contributed by atoms with Gasteiger partial charge in [-0.2, -0.15) is 0 Å². The molecule has 0 spiro atoms. The van der Waals surface area contributed by atoms with Crippen LogP contribution in [0.15, 0.2) is 0 Å². The topological polar surface area (TPSA) is 49.8 Å². The molecular weight excluding hydrogens is 206 g/mol. The van der Waals surface area contributed by atoms with Crippen LogP contribution in [-0.2, 0) is 4.74 Å². The second-order valence-corrected chi connectivity index (χ2v) is 4.98. The zero-order chi connectivity index (χ0) is 12.3. The smallest absolute Gasteiger partial charge is 0.411 e. The molecule has 0 saturated carbocycles. The number of likely N-dealkylation sites (tertiary alicyclic amines) is 1. The fourth-order valence-electron chi connectivity index (χ4n) is 1.82. The van der Waals surface area contributed by atoms with Gasteiger partial charge in [0.2, 0.25) is 0 Å². The molecule has 4 heteroatoms. The molecule has 0 bridgehead atoms. The second-order valence-electron chi connectivity index (χ2n) is 4.98. The predicted molar refractivity (Wildman–Crippen MR) is 60.8 cm³/mol. The van der Waals surface area contributed by atoms with Gasteiger partial charge in [0.15, 0.2) is 0 Å². The molecular formula is C12H19NO3. The van der Waals surface area contributed by atoms with E-state index in [1.807, 2.05) is 0 Å². The zero-order valence-electron chi connectivity index (χ0n) is 10.1. The van der Waals surface area contributed by atoms with E-state index in [1.165, 1.54) is 4.90 Å². The number of hydrogen-bond acceptors (Lipinski definition) is 3. The van der Waals surface area contributed by atoms with Crippen molar-refractivity contribution in [3.8, 4) is 12.3 Å². The van der Waals surface area contributed by atoms with Gasteiger partial charge in [-0.1, -0.05) is 5.92 Å². The summed E-state index contributed by atoms with van der Waals surface area (Å²) in [7, 11) is 0. The lowest BCUT2D eigenvalue weighted by molar-refractivity contribution is 0.0133. The van der Waals surface area contributed by atoms with Crippen molar-refractivity contribution in [3.63, 3.8) is 0 Å². The van der Waals surface area contributed by atoms with Crippen molar-refractivity contribution in [2.45, 2.75) is 51.3 Å². The summed E-state index contributed by atoms with van der Waals surface area (Å²) >= 11 is 0. The average Bonchev–Trinajstić information content (AvgIpc) is 2.57. The van der Waals surface area contributed by atoms with Crippen LogP contribution in [0.3, 0.4) is 0 Å². The fraction of sp³-hybridized carbons (Fsp3) is 0.750. The van der Waals surface area contributed by atoms with Gasteiger partial charge in [-0.05, 0) is 33.6 Å². The third kappa shape index (κ3) is 2.89. The molecule has 1 saturated heterocycles. The Morgan fingerprint density at radius 3 is 2.62 bits per heavy atom. The van der Waals surface area contributed by atoms with Crippen molar-refractivity contribution < 1.29 is 14.6 Å². The number of rotatable bonds is 1. The third-order valence-corrected chi connectivity index (χ3v) is 2.51. The Bertz CT molecular complexity index is 300. The van der Waals surface area contributed by atoms with E-state index in [-0.39, 0.29) is 18.7 Å². The summed E-state index contributed by atoms with van der Waals surface area (Å²) in [6.45, 7) is 5.34. The van der Waals surface area contributed by atoms with Gasteiger partial charge in [0.05, 0.1) is 18.7 Å². The van der Waals surface area contributed by atoms with Gasteiger partial charge in [-0.25, -0.2) is 4.79 Å². The molecule has 16 heavy (non-hydrogen) atoms. The molecule has 1 amide bonds. The van der Waals surface area contributed by atoms with Crippen molar-refractivity contribution in [2.75, 3.05) is 6.61 Å². The van der Waals surface area contributed by atoms with Crippen molar-refractivity contribution in [1.82, 2.24) is 4.90 Å². The van der Waals surface area contributed by atoms with Crippen LogP contribution in [-0.4, -0.2) is 40.4 Å². The Morgan fingerprint density at radius 1 is 1.56 bits per heavy atom. The fourth-order valence-corrected chi connectivity index (χ4v) is 1.82. The van der Waals surface area contributed by atoms with Gasteiger partial charge >= 0.3 is 6.09 Å². The first-order valence-electron chi connectivity index (χ1n) is 5.47. The number of aliphatic hydroxyl groups is 1. The standard InChI is InChI=1S/C12H19NO3/c1-5-9-6-7-10(8-14)13(9)11(15)16-12(2,3)4/h1,9-10,14H,6-8H2,2-4H3/t9?,10-/m0/s1. The lowest BCUT2D eigenvalue weighted by atomic mass is 10.2. The van der Waals surface area contributed by atoms with E-state index >= 15 is 0 Å². The molecule has 1 aliphatic heterocycles. The molecule has 90 valence electrons. The molecule has 0 aromatic carbocycles. The van der Waals surface area contributed by atoms with E-state index < -0.39 is 11.7 Å². The van der Waals surface area contributed by atoms with Crippen LogP contribution < -0.4 is 0 Å². The third-order valence-electron chi connectivity index (χ3n) is 2.51. The minimum absolute atomic E-state index is 0.0720. The Hall–Kier alpha value is -1.21. The summed E-state index contributed by atoms with van der Waals surface area (Å²) in [5.74, 6) is 2.56. The number of amides is 1. The Kier molecular flexibility index (Phi) is 3.82. The largest absolute Gasteiger partial charge is 0.444 e. The van der Waals surface area contributed by atoms with Gasteiger partial charge in [0.1, 0.15) is 5.60 Å². The van der Waals surface area contributed by atoms with Gasteiger partial charge in [0, 0.05) is 0 Å². The van der Waals surface area contributed by atoms with Gasteiger partial charge in [-0.3, -0.25) is 4.90 Å². The normalized spacial score (nSPS) is 25.3. The van der Waals surface area contributed by atoms with E-state index in [1.54, 1.807) is 20.8 Å². The quantitative estimate of drug-likeness (QED) is 0.686. The monoisotopic (exact) mass is 225 g/mol. The molecule has 0 aliphatic carbocycles. The highest BCUT2D eigenvalue weighted by molar-refractivity contribution is 5.70. The molecule has 1 rings (SSSR count). The summed E-state index contributed by atoms with van der Waals surface area (Å²) < 4.78 is 5.27. The van der Waals surface area contributed by atoms with E-state index in [0.29, 0.717) is 0 Å². The van der Waals surface area contributed by atoms with Crippen molar-refractivity contribution >= 4 is 6.09 Å². The van der Waals surface area contributed by atoms with E-state index in [9.17, 15) is 9.90 Å². The predicted octanol–water partition coefficient (Wildman–Crippen LogP) is 1.38. The van der Waals surface area contributed by atoms with Gasteiger partial charge in [-0.15, -0.1) is 6.42 Å². The molecule has 1 N–H and O–H groups in total. The summed E-state index contributed by atoms with van der Waals surface area (Å²) in [5.41, 5.74) is -0.543. The first-order valence-corrected chi connectivity index (χ1v) is 5.47.